The highest BCUT2D eigenvalue weighted by Crippen LogP contribution is 2.38. The molecular formula is C11H9F3N2O2. The Morgan fingerprint density at radius 3 is 2.56 bits per heavy atom. The number of oxazole rings is 1. The molecule has 0 spiro atoms. The summed E-state index contributed by atoms with van der Waals surface area (Å²) in [5, 5.41) is 0. The van der Waals surface area contributed by atoms with E-state index in [1.54, 1.807) is 0 Å². The number of nitrogens with two attached hydrogens (primary N) is 1. The molecule has 0 radical (unpaired) electrons. The third-order valence-corrected chi connectivity index (χ3v) is 2.32. The molecule has 2 N–H and O–H groups in total. The normalized spacial score (nSPS) is 11.6. The lowest BCUT2D eigenvalue weighted by atomic mass is 10.1. The maximum atomic E-state index is 12.6. The topological polar surface area (TPSA) is 61.3 Å². The molecule has 0 amide bonds. The van der Waals surface area contributed by atoms with Crippen molar-refractivity contribution in [3.05, 3.63) is 30.0 Å². The van der Waals surface area contributed by atoms with Crippen LogP contribution in [0.3, 0.4) is 0 Å². The van der Waals surface area contributed by atoms with E-state index in [0.29, 0.717) is 5.56 Å². The number of nitrogen functional groups attached to an aromatic ring is 1. The lowest BCUT2D eigenvalue weighted by Gasteiger charge is -2.12. The lowest BCUT2D eigenvalue weighted by molar-refractivity contribution is -0.138. The van der Waals surface area contributed by atoms with Crippen LogP contribution in [0.2, 0.25) is 0 Å². The predicted molar refractivity (Wildman–Crippen MR) is 57.9 cm³/mol. The molecule has 1 aromatic heterocycles. The van der Waals surface area contributed by atoms with Crippen molar-refractivity contribution < 1.29 is 22.3 Å². The molecule has 4 nitrogen and oxygen atoms in total. The number of benzene rings is 1. The van der Waals surface area contributed by atoms with Crippen molar-refractivity contribution in [3.8, 4) is 17.1 Å². The van der Waals surface area contributed by atoms with Gasteiger partial charge in [-0.2, -0.15) is 13.2 Å². The van der Waals surface area contributed by atoms with E-state index >= 15 is 0 Å². The molecular weight excluding hydrogens is 249 g/mol. The van der Waals surface area contributed by atoms with Gasteiger partial charge in [-0.05, 0) is 12.1 Å². The molecule has 0 unspecified atom stereocenters. The molecule has 0 atom stereocenters. The first-order valence-corrected chi connectivity index (χ1v) is 4.88. The van der Waals surface area contributed by atoms with Crippen molar-refractivity contribution in [1.82, 2.24) is 4.98 Å². The van der Waals surface area contributed by atoms with Gasteiger partial charge in [0.25, 0.3) is 6.01 Å². The molecule has 0 saturated carbocycles. The summed E-state index contributed by atoms with van der Waals surface area (Å²) < 4.78 is 47.7. The molecule has 0 fully saturated rings. The second-order valence-electron chi connectivity index (χ2n) is 3.48. The minimum atomic E-state index is -4.47. The number of aromatic nitrogens is 1. The summed E-state index contributed by atoms with van der Waals surface area (Å²) >= 11 is 0. The third kappa shape index (κ3) is 2.24. The summed E-state index contributed by atoms with van der Waals surface area (Å²) in [6.07, 6.45) is -3.14. The molecule has 0 aliphatic rings. The van der Waals surface area contributed by atoms with Crippen molar-refractivity contribution in [1.29, 1.82) is 0 Å². The van der Waals surface area contributed by atoms with Crippen LogP contribution >= 0.6 is 0 Å². The molecule has 2 aromatic rings. The van der Waals surface area contributed by atoms with Gasteiger partial charge in [0.15, 0.2) is 5.76 Å². The predicted octanol–water partition coefficient (Wildman–Crippen LogP) is 2.95. The van der Waals surface area contributed by atoms with Gasteiger partial charge in [0, 0.05) is 5.56 Å². The zero-order valence-corrected chi connectivity index (χ0v) is 9.28. The van der Waals surface area contributed by atoms with Crippen LogP contribution in [0.5, 0.6) is 5.75 Å². The van der Waals surface area contributed by atoms with Crippen molar-refractivity contribution in [2.24, 2.45) is 0 Å². The number of anilines is 1. The van der Waals surface area contributed by atoms with Gasteiger partial charge >= 0.3 is 6.18 Å². The van der Waals surface area contributed by atoms with Crippen LogP contribution in [0, 0.1) is 0 Å². The molecule has 0 aliphatic heterocycles. The molecule has 18 heavy (non-hydrogen) atoms. The first-order chi connectivity index (χ1) is 8.41. The highest BCUT2D eigenvalue weighted by atomic mass is 19.4. The summed E-state index contributed by atoms with van der Waals surface area (Å²) in [5.41, 5.74) is 4.86. The molecule has 2 rings (SSSR count). The van der Waals surface area contributed by atoms with Crippen LogP contribution < -0.4 is 10.5 Å². The van der Waals surface area contributed by atoms with Crippen molar-refractivity contribution in [2.75, 3.05) is 12.8 Å². The van der Waals surface area contributed by atoms with E-state index in [-0.39, 0.29) is 17.5 Å². The Balaban J connectivity index is 2.48. The SMILES string of the molecule is COc1cc(-c2cnc(N)o2)ccc1C(F)(F)F. The van der Waals surface area contributed by atoms with Gasteiger partial charge in [-0.15, -0.1) is 0 Å². The monoisotopic (exact) mass is 258 g/mol. The Morgan fingerprint density at radius 2 is 2.06 bits per heavy atom. The smallest absolute Gasteiger partial charge is 0.419 e. The second kappa shape index (κ2) is 4.25. The quantitative estimate of drug-likeness (QED) is 0.899. The summed E-state index contributed by atoms with van der Waals surface area (Å²) in [6.45, 7) is 0. The van der Waals surface area contributed by atoms with Crippen LogP contribution in [0.1, 0.15) is 5.56 Å². The zero-order valence-electron chi connectivity index (χ0n) is 9.28. The molecule has 0 saturated heterocycles. The number of halogens is 3. The fourth-order valence-corrected chi connectivity index (χ4v) is 1.50. The van der Waals surface area contributed by atoms with Gasteiger partial charge in [-0.3, -0.25) is 0 Å². The zero-order chi connectivity index (χ0) is 13.3. The number of alkyl halides is 3. The van der Waals surface area contributed by atoms with E-state index < -0.39 is 11.7 Å². The summed E-state index contributed by atoms with van der Waals surface area (Å²) in [4.78, 5) is 3.67. The standard InChI is InChI=1S/C11H9F3N2O2/c1-17-8-4-6(9-5-16-10(15)18-9)2-3-7(8)11(12,13)14/h2-5H,1H3,(H2,15,16). The van der Waals surface area contributed by atoms with E-state index in [9.17, 15) is 13.2 Å². The average Bonchev–Trinajstić information content (AvgIpc) is 2.74. The third-order valence-electron chi connectivity index (χ3n) is 2.32. The average molecular weight is 258 g/mol. The second-order valence-corrected chi connectivity index (χ2v) is 3.48. The highest BCUT2D eigenvalue weighted by molar-refractivity contribution is 5.61. The maximum absolute atomic E-state index is 12.6. The molecule has 0 aliphatic carbocycles. The van der Waals surface area contributed by atoms with Crippen LogP contribution in [-0.4, -0.2) is 12.1 Å². The maximum Gasteiger partial charge on any atom is 0.419 e. The molecule has 96 valence electrons. The molecule has 1 heterocycles. The van der Waals surface area contributed by atoms with E-state index in [1.807, 2.05) is 0 Å². The molecule has 1 aromatic carbocycles. The van der Waals surface area contributed by atoms with E-state index in [1.165, 1.54) is 25.4 Å². The highest BCUT2D eigenvalue weighted by Gasteiger charge is 2.34. The Labute approximate surface area is 100 Å². The van der Waals surface area contributed by atoms with Crippen LogP contribution in [0.4, 0.5) is 19.2 Å². The Bertz CT molecular complexity index is 564. The Morgan fingerprint density at radius 1 is 1.33 bits per heavy atom. The Kier molecular flexibility index (Phi) is 2.90. The number of ether oxygens (including phenoxy) is 1. The van der Waals surface area contributed by atoms with Gasteiger partial charge in [-0.1, -0.05) is 6.07 Å². The number of rotatable bonds is 2. The van der Waals surface area contributed by atoms with Gasteiger partial charge in [0.2, 0.25) is 0 Å². The largest absolute Gasteiger partial charge is 0.496 e. The van der Waals surface area contributed by atoms with Gasteiger partial charge in [-0.25, -0.2) is 4.98 Å². The Hall–Kier alpha value is -2.18. The number of hydrogen-bond donors (Lipinski definition) is 1. The number of hydrogen-bond acceptors (Lipinski definition) is 4. The van der Waals surface area contributed by atoms with E-state index in [2.05, 4.69) is 4.98 Å². The lowest BCUT2D eigenvalue weighted by Crippen LogP contribution is -2.07. The van der Waals surface area contributed by atoms with Crippen molar-refractivity contribution in [3.63, 3.8) is 0 Å². The fourth-order valence-electron chi connectivity index (χ4n) is 1.50. The van der Waals surface area contributed by atoms with E-state index in [4.69, 9.17) is 14.9 Å². The number of nitrogens with zero attached hydrogens (tertiary/aromatic N) is 1. The summed E-state index contributed by atoms with van der Waals surface area (Å²) in [7, 11) is 1.17. The van der Waals surface area contributed by atoms with Crippen molar-refractivity contribution in [2.45, 2.75) is 6.18 Å². The van der Waals surface area contributed by atoms with Crippen LogP contribution in [-0.2, 0) is 6.18 Å². The van der Waals surface area contributed by atoms with Gasteiger partial charge in [0.1, 0.15) is 5.75 Å². The first-order valence-electron chi connectivity index (χ1n) is 4.88. The fraction of sp³-hybridized carbons (Fsp3) is 0.182. The van der Waals surface area contributed by atoms with Crippen LogP contribution in [0.25, 0.3) is 11.3 Å². The van der Waals surface area contributed by atoms with Crippen LogP contribution in [0.15, 0.2) is 28.8 Å². The minimum absolute atomic E-state index is 0.0520. The number of methoxy groups -OCH3 is 1. The van der Waals surface area contributed by atoms with Gasteiger partial charge in [0.05, 0.1) is 18.9 Å². The van der Waals surface area contributed by atoms with Gasteiger partial charge < -0.3 is 14.9 Å². The van der Waals surface area contributed by atoms with E-state index in [0.717, 1.165) is 6.07 Å². The summed E-state index contributed by atoms with van der Waals surface area (Å²) in [6, 6.07) is 3.37. The summed E-state index contributed by atoms with van der Waals surface area (Å²) in [5.74, 6) is -0.00510. The molecule has 0 bridgehead atoms. The first kappa shape index (κ1) is 12.3. The molecule has 7 heteroatoms. The van der Waals surface area contributed by atoms with Crippen molar-refractivity contribution >= 4 is 6.01 Å². The minimum Gasteiger partial charge on any atom is -0.496 e.